The lowest BCUT2D eigenvalue weighted by atomic mass is 10.1. The maximum Gasteiger partial charge on any atom is 0.251 e. The van der Waals surface area contributed by atoms with E-state index in [2.05, 4.69) is 10.6 Å². The van der Waals surface area contributed by atoms with Crippen LogP contribution in [0.1, 0.15) is 22.8 Å². The Hall–Kier alpha value is -3.02. The first-order valence-electron chi connectivity index (χ1n) is 7.96. The van der Waals surface area contributed by atoms with Gasteiger partial charge in [-0.05, 0) is 49.4 Å². The minimum atomic E-state index is -0.183. The van der Waals surface area contributed by atoms with Crippen molar-refractivity contribution in [1.29, 1.82) is 0 Å². The Morgan fingerprint density at radius 3 is 2.32 bits per heavy atom. The summed E-state index contributed by atoms with van der Waals surface area (Å²) in [5, 5.41) is 5.54. The first kappa shape index (κ1) is 18.3. The number of benzene rings is 2. The van der Waals surface area contributed by atoms with E-state index in [0.717, 1.165) is 5.56 Å². The number of anilines is 1. The molecule has 0 aliphatic rings. The summed E-state index contributed by atoms with van der Waals surface area (Å²) in [5.74, 6) is 0.969. The van der Waals surface area contributed by atoms with Crippen molar-refractivity contribution in [3.8, 4) is 11.5 Å². The van der Waals surface area contributed by atoms with E-state index in [9.17, 15) is 9.59 Å². The highest BCUT2D eigenvalue weighted by Crippen LogP contribution is 2.24. The number of carbonyl (C=O) groups excluding carboxylic acids is 2. The molecule has 6 heteroatoms. The van der Waals surface area contributed by atoms with Crippen LogP contribution in [0.25, 0.3) is 0 Å². The van der Waals surface area contributed by atoms with Crippen LogP contribution in [0.3, 0.4) is 0 Å². The van der Waals surface area contributed by atoms with Crippen molar-refractivity contribution >= 4 is 17.5 Å². The Morgan fingerprint density at radius 2 is 1.72 bits per heavy atom. The maximum absolute atomic E-state index is 12.3. The maximum atomic E-state index is 12.3. The van der Waals surface area contributed by atoms with Crippen LogP contribution in [0.15, 0.2) is 42.5 Å². The van der Waals surface area contributed by atoms with Crippen LogP contribution >= 0.6 is 0 Å². The Bertz CT molecular complexity index is 742. The summed E-state index contributed by atoms with van der Waals surface area (Å²) in [5.41, 5.74) is 1.91. The molecule has 2 amide bonds. The standard InChI is InChI=1S/C19H22N2O4/c1-4-20-19(23)13-5-7-15(8-6-13)21-18(22)12-14-11-16(24-2)9-10-17(14)25-3/h5-11H,4,12H2,1-3H3,(H,20,23)(H,21,22). The van der Waals surface area contributed by atoms with Gasteiger partial charge in [0.25, 0.3) is 5.91 Å². The third-order valence-electron chi connectivity index (χ3n) is 3.61. The first-order valence-corrected chi connectivity index (χ1v) is 7.96. The highest BCUT2D eigenvalue weighted by atomic mass is 16.5. The third kappa shape index (κ3) is 4.97. The molecule has 0 aromatic heterocycles. The Labute approximate surface area is 147 Å². The first-order chi connectivity index (χ1) is 12.1. The van der Waals surface area contributed by atoms with Gasteiger partial charge < -0.3 is 20.1 Å². The molecule has 25 heavy (non-hydrogen) atoms. The predicted molar refractivity (Wildman–Crippen MR) is 96.3 cm³/mol. The molecule has 132 valence electrons. The Kier molecular flexibility index (Phi) is 6.39. The molecule has 2 rings (SSSR count). The molecule has 2 aromatic carbocycles. The lowest BCUT2D eigenvalue weighted by Crippen LogP contribution is -2.22. The topological polar surface area (TPSA) is 76.7 Å². The smallest absolute Gasteiger partial charge is 0.251 e. The quantitative estimate of drug-likeness (QED) is 0.811. The average molecular weight is 342 g/mol. The van der Waals surface area contributed by atoms with Gasteiger partial charge in [-0.25, -0.2) is 0 Å². The highest BCUT2D eigenvalue weighted by Gasteiger charge is 2.11. The van der Waals surface area contributed by atoms with Gasteiger partial charge in [-0.3, -0.25) is 9.59 Å². The van der Waals surface area contributed by atoms with Crippen molar-refractivity contribution in [3.63, 3.8) is 0 Å². The van der Waals surface area contributed by atoms with Gasteiger partial charge in [0, 0.05) is 23.4 Å². The average Bonchev–Trinajstić information content (AvgIpc) is 2.62. The minimum Gasteiger partial charge on any atom is -0.497 e. The van der Waals surface area contributed by atoms with Crippen molar-refractivity contribution < 1.29 is 19.1 Å². The zero-order valence-electron chi connectivity index (χ0n) is 14.6. The fourth-order valence-electron chi connectivity index (χ4n) is 2.37. The van der Waals surface area contributed by atoms with Crippen LogP contribution in [0, 0.1) is 0 Å². The lowest BCUT2D eigenvalue weighted by molar-refractivity contribution is -0.115. The monoisotopic (exact) mass is 342 g/mol. The number of carbonyl (C=O) groups is 2. The fourth-order valence-corrected chi connectivity index (χ4v) is 2.37. The van der Waals surface area contributed by atoms with Crippen LogP contribution in [-0.4, -0.2) is 32.6 Å². The van der Waals surface area contributed by atoms with Crippen LogP contribution < -0.4 is 20.1 Å². The Balaban J connectivity index is 2.04. The molecule has 0 heterocycles. The lowest BCUT2D eigenvalue weighted by Gasteiger charge is -2.11. The van der Waals surface area contributed by atoms with Gasteiger partial charge in [-0.15, -0.1) is 0 Å². The molecule has 2 aromatic rings. The molecule has 0 aliphatic heterocycles. The van der Waals surface area contributed by atoms with E-state index in [-0.39, 0.29) is 18.2 Å². The molecule has 0 saturated carbocycles. The largest absolute Gasteiger partial charge is 0.497 e. The summed E-state index contributed by atoms with van der Waals surface area (Å²) < 4.78 is 10.5. The second kappa shape index (κ2) is 8.73. The summed E-state index contributed by atoms with van der Waals surface area (Å²) in [6.07, 6.45) is 0.151. The van der Waals surface area contributed by atoms with Crippen LogP contribution in [0.2, 0.25) is 0 Å². The highest BCUT2D eigenvalue weighted by molar-refractivity contribution is 5.96. The van der Waals surface area contributed by atoms with E-state index in [4.69, 9.17) is 9.47 Å². The van der Waals surface area contributed by atoms with Crippen LogP contribution in [0.4, 0.5) is 5.69 Å². The third-order valence-corrected chi connectivity index (χ3v) is 3.61. The fraction of sp³-hybridized carbons (Fsp3) is 0.263. The minimum absolute atomic E-state index is 0.138. The SMILES string of the molecule is CCNC(=O)c1ccc(NC(=O)Cc2cc(OC)ccc2OC)cc1. The molecule has 2 N–H and O–H groups in total. The normalized spacial score (nSPS) is 10.0. The Morgan fingerprint density at radius 1 is 1.00 bits per heavy atom. The molecular formula is C19H22N2O4. The van der Waals surface area contributed by atoms with Crippen molar-refractivity contribution in [2.45, 2.75) is 13.3 Å². The number of amides is 2. The predicted octanol–water partition coefficient (Wildman–Crippen LogP) is 2.63. The number of nitrogens with one attached hydrogen (secondary N) is 2. The summed E-state index contributed by atoms with van der Waals surface area (Å²) in [6, 6.07) is 12.1. The summed E-state index contributed by atoms with van der Waals surface area (Å²) in [7, 11) is 3.13. The van der Waals surface area contributed by atoms with Gasteiger partial charge in [0.1, 0.15) is 11.5 Å². The molecule has 0 atom stereocenters. The molecular weight excluding hydrogens is 320 g/mol. The van der Waals surface area contributed by atoms with Crippen molar-refractivity contribution in [3.05, 3.63) is 53.6 Å². The van der Waals surface area contributed by atoms with Crippen LogP contribution in [0.5, 0.6) is 11.5 Å². The van der Waals surface area contributed by atoms with Gasteiger partial charge in [0.05, 0.1) is 20.6 Å². The van der Waals surface area contributed by atoms with Gasteiger partial charge in [0.2, 0.25) is 5.91 Å². The van der Waals surface area contributed by atoms with Crippen LogP contribution in [-0.2, 0) is 11.2 Å². The van der Waals surface area contributed by atoms with Gasteiger partial charge in [-0.1, -0.05) is 0 Å². The summed E-state index contributed by atoms with van der Waals surface area (Å²) in [6.45, 7) is 2.43. The molecule has 0 bridgehead atoms. The molecule has 0 fully saturated rings. The van der Waals surface area contributed by atoms with Crippen molar-refractivity contribution in [1.82, 2.24) is 5.32 Å². The summed E-state index contributed by atoms with van der Waals surface area (Å²) >= 11 is 0. The zero-order chi connectivity index (χ0) is 18.2. The number of hydrogen-bond acceptors (Lipinski definition) is 4. The van der Waals surface area contributed by atoms with Crippen molar-refractivity contribution in [2.24, 2.45) is 0 Å². The number of hydrogen-bond donors (Lipinski definition) is 2. The molecule has 0 saturated heterocycles. The van der Waals surface area contributed by atoms with Gasteiger partial charge in [0.15, 0.2) is 0 Å². The molecule has 6 nitrogen and oxygen atoms in total. The van der Waals surface area contributed by atoms with E-state index in [1.165, 1.54) is 0 Å². The molecule has 0 spiro atoms. The second-order valence-corrected chi connectivity index (χ2v) is 5.34. The molecule has 0 aliphatic carbocycles. The second-order valence-electron chi connectivity index (χ2n) is 5.34. The van der Waals surface area contributed by atoms with E-state index in [1.54, 1.807) is 56.7 Å². The number of rotatable bonds is 7. The number of methoxy groups -OCH3 is 2. The van der Waals surface area contributed by atoms with E-state index in [1.807, 2.05) is 6.92 Å². The molecule has 0 unspecified atom stereocenters. The van der Waals surface area contributed by atoms with Crippen molar-refractivity contribution in [2.75, 3.05) is 26.1 Å². The zero-order valence-corrected chi connectivity index (χ0v) is 14.6. The number of ether oxygens (including phenoxy) is 2. The van der Waals surface area contributed by atoms with E-state index < -0.39 is 0 Å². The van der Waals surface area contributed by atoms with Gasteiger partial charge >= 0.3 is 0 Å². The van der Waals surface area contributed by atoms with Gasteiger partial charge in [-0.2, -0.15) is 0 Å². The van der Waals surface area contributed by atoms with E-state index in [0.29, 0.717) is 29.3 Å². The molecule has 0 radical (unpaired) electrons. The van der Waals surface area contributed by atoms with E-state index >= 15 is 0 Å². The summed E-state index contributed by atoms with van der Waals surface area (Å²) in [4.78, 5) is 24.0.